The van der Waals surface area contributed by atoms with Gasteiger partial charge in [0.15, 0.2) is 0 Å². The van der Waals surface area contributed by atoms with Gasteiger partial charge >= 0.3 is 0 Å². The van der Waals surface area contributed by atoms with E-state index in [1.807, 2.05) is 42.5 Å². The van der Waals surface area contributed by atoms with Crippen molar-refractivity contribution in [2.45, 2.75) is 12.5 Å². The van der Waals surface area contributed by atoms with Gasteiger partial charge in [0.2, 0.25) is 0 Å². The van der Waals surface area contributed by atoms with Crippen LogP contribution in [-0.4, -0.2) is 25.5 Å². The van der Waals surface area contributed by atoms with E-state index >= 15 is 0 Å². The smallest absolute Gasteiger partial charge is 0.125 e. The summed E-state index contributed by atoms with van der Waals surface area (Å²) in [5, 5.41) is 0.696. The molecular formula is C17H20ClNO. The van der Waals surface area contributed by atoms with E-state index in [2.05, 4.69) is 31.1 Å². The summed E-state index contributed by atoms with van der Waals surface area (Å²) < 4.78 is 6.12. The molecule has 1 unspecified atom stereocenters. The van der Waals surface area contributed by atoms with Gasteiger partial charge in [0.1, 0.15) is 11.9 Å². The molecular weight excluding hydrogens is 270 g/mol. The number of nitrogens with zero attached hydrogens (tertiary/aromatic N) is 1. The largest absolute Gasteiger partial charge is 0.486 e. The van der Waals surface area contributed by atoms with Gasteiger partial charge in [-0.15, -0.1) is 0 Å². The van der Waals surface area contributed by atoms with Crippen LogP contribution in [0.15, 0.2) is 54.6 Å². The molecule has 2 aromatic carbocycles. The highest BCUT2D eigenvalue weighted by Gasteiger charge is 2.13. The van der Waals surface area contributed by atoms with Crippen molar-refractivity contribution in [3.63, 3.8) is 0 Å². The van der Waals surface area contributed by atoms with Crippen LogP contribution in [0.2, 0.25) is 5.02 Å². The molecule has 0 N–H and O–H groups in total. The van der Waals surface area contributed by atoms with Gasteiger partial charge in [-0.3, -0.25) is 0 Å². The van der Waals surface area contributed by atoms with Crippen LogP contribution < -0.4 is 4.74 Å². The standard InChI is InChI=1S/C17H20ClNO/c1-19(2)12-11-17(14-7-4-3-5-8-14)20-16-10-6-9-15(18)13-16/h3-10,13,17H,11-12H2,1-2H3. The third kappa shape index (κ3) is 4.55. The van der Waals surface area contributed by atoms with E-state index in [1.54, 1.807) is 0 Å². The summed E-state index contributed by atoms with van der Waals surface area (Å²) in [6, 6.07) is 17.9. The first-order valence-corrected chi connectivity index (χ1v) is 7.15. The van der Waals surface area contributed by atoms with Crippen LogP contribution in [0.5, 0.6) is 5.75 Å². The van der Waals surface area contributed by atoms with Gasteiger partial charge in [0.05, 0.1) is 0 Å². The molecule has 0 heterocycles. The molecule has 0 aliphatic carbocycles. The molecule has 1 atom stereocenters. The second-order valence-corrected chi connectivity index (χ2v) is 5.50. The van der Waals surface area contributed by atoms with Crippen LogP contribution in [0.25, 0.3) is 0 Å². The molecule has 0 aromatic heterocycles. The summed E-state index contributed by atoms with van der Waals surface area (Å²) >= 11 is 6.01. The van der Waals surface area contributed by atoms with Crippen molar-refractivity contribution in [1.82, 2.24) is 4.90 Å². The van der Waals surface area contributed by atoms with Crippen LogP contribution in [0, 0.1) is 0 Å². The fourth-order valence-electron chi connectivity index (χ4n) is 2.04. The van der Waals surface area contributed by atoms with Crippen molar-refractivity contribution >= 4 is 11.6 Å². The maximum Gasteiger partial charge on any atom is 0.125 e. The van der Waals surface area contributed by atoms with Gasteiger partial charge in [-0.1, -0.05) is 48.0 Å². The lowest BCUT2D eigenvalue weighted by atomic mass is 10.1. The maximum absolute atomic E-state index is 6.12. The fourth-order valence-corrected chi connectivity index (χ4v) is 2.22. The van der Waals surface area contributed by atoms with Gasteiger partial charge in [0.25, 0.3) is 0 Å². The predicted octanol–water partition coefficient (Wildman–Crippen LogP) is 4.41. The van der Waals surface area contributed by atoms with Crippen molar-refractivity contribution in [3.05, 3.63) is 65.2 Å². The molecule has 0 saturated carbocycles. The molecule has 2 aromatic rings. The average Bonchev–Trinajstić information content (AvgIpc) is 2.44. The van der Waals surface area contributed by atoms with Crippen LogP contribution in [-0.2, 0) is 0 Å². The molecule has 0 aliphatic rings. The molecule has 106 valence electrons. The Kier molecular flexibility index (Phi) is 5.45. The van der Waals surface area contributed by atoms with Crippen LogP contribution >= 0.6 is 11.6 Å². The van der Waals surface area contributed by atoms with E-state index in [1.165, 1.54) is 5.56 Å². The zero-order chi connectivity index (χ0) is 14.4. The molecule has 0 aliphatic heterocycles. The molecule has 2 rings (SSSR count). The molecule has 0 amide bonds. The Hall–Kier alpha value is -1.51. The average molecular weight is 290 g/mol. The highest BCUT2D eigenvalue weighted by atomic mass is 35.5. The zero-order valence-corrected chi connectivity index (χ0v) is 12.7. The van der Waals surface area contributed by atoms with E-state index < -0.39 is 0 Å². The summed E-state index contributed by atoms with van der Waals surface area (Å²) in [6.07, 6.45) is 0.973. The SMILES string of the molecule is CN(C)CCC(Oc1cccc(Cl)c1)c1ccccc1. The van der Waals surface area contributed by atoms with Gasteiger partial charge in [-0.2, -0.15) is 0 Å². The summed E-state index contributed by atoms with van der Waals surface area (Å²) in [4.78, 5) is 2.16. The first-order chi connectivity index (χ1) is 9.65. The molecule has 0 radical (unpaired) electrons. The lowest BCUT2D eigenvalue weighted by Gasteiger charge is -2.21. The number of ether oxygens (including phenoxy) is 1. The van der Waals surface area contributed by atoms with Crippen molar-refractivity contribution in [2.24, 2.45) is 0 Å². The summed E-state index contributed by atoms with van der Waals surface area (Å²) in [7, 11) is 4.14. The highest BCUT2D eigenvalue weighted by Crippen LogP contribution is 2.26. The van der Waals surface area contributed by atoms with Crippen molar-refractivity contribution in [1.29, 1.82) is 0 Å². The zero-order valence-electron chi connectivity index (χ0n) is 11.9. The second kappa shape index (κ2) is 7.32. The molecule has 3 heteroatoms. The van der Waals surface area contributed by atoms with E-state index in [0.29, 0.717) is 5.02 Å². The third-order valence-corrected chi connectivity index (χ3v) is 3.32. The lowest BCUT2D eigenvalue weighted by molar-refractivity contribution is 0.179. The summed E-state index contributed by atoms with van der Waals surface area (Å²) in [5.74, 6) is 0.810. The molecule has 2 nitrogen and oxygen atoms in total. The van der Waals surface area contributed by atoms with Crippen molar-refractivity contribution in [3.8, 4) is 5.75 Å². The van der Waals surface area contributed by atoms with Crippen LogP contribution in [0.1, 0.15) is 18.1 Å². The monoisotopic (exact) mass is 289 g/mol. The topological polar surface area (TPSA) is 12.5 Å². The summed E-state index contributed by atoms with van der Waals surface area (Å²) in [6.45, 7) is 0.972. The predicted molar refractivity (Wildman–Crippen MR) is 84.4 cm³/mol. The van der Waals surface area contributed by atoms with E-state index in [9.17, 15) is 0 Å². The Morgan fingerprint density at radius 3 is 2.45 bits per heavy atom. The van der Waals surface area contributed by atoms with Crippen LogP contribution in [0.4, 0.5) is 0 Å². The third-order valence-electron chi connectivity index (χ3n) is 3.08. The van der Waals surface area contributed by atoms with Gasteiger partial charge in [-0.25, -0.2) is 0 Å². The molecule has 0 fully saturated rings. The number of halogens is 1. The molecule has 0 saturated heterocycles. The lowest BCUT2D eigenvalue weighted by Crippen LogP contribution is -2.18. The quantitative estimate of drug-likeness (QED) is 0.781. The Morgan fingerprint density at radius 1 is 1.05 bits per heavy atom. The fraction of sp³-hybridized carbons (Fsp3) is 0.294. The summed E-state index contributed by atoms with van der Waals surface area (Å²) in [5.41, 5.74) is 1.19. The Morgan fingerprint density at radius 2 is 1.80 bits per heavy atom. The highest BCUT2D eigenvalue weighted by molar-refractivity contribution is 6.30. The van der Waals surface area contributed by atoms with E-state index in [0.717, 1.165) is 18.7 Å². The molecule has 20 heavy (non-hydrogen) atoms. The Labute approximate surface area is 125 Å². The molecule has 0 spiro atoms. The first-order valence-electron chi connectivity index (χ1n) is 6.77. The molecule has 0 bridgehead atoms. The second-order valence-electron chi connectivity index (χ2n) is 5.07. The number of benzene rings is 2. The number of rotatable bonds is 6. The van der Waals surface area contributed by atoms with Crippen LogP contribution in [0.3, 0.4) is 0 Å². The minimum absolute atomic E-state index is 0.0390. The normalized spacial score (nSPS) is 12.4. The Bertz CT molecular complexity index is 528. The van der Waals surface area contributed by atoms with Crippen molar-refractivity contribution < 1.29 is 4.74 Å². The van der Waals surface area contributed by atoms with Gasteiger partial charge in [-0.05, 0) is 37.9 Å². The number of hydrogen-bond donors (Lipinski definition) is 0. The minimum atomic E-state index is 0.0390. The van der Waals surface area contributed by atoms with Gasteiger partial charge in [0, 0.05) is 18.0 Å². The van der Waals surface area contributed by atoms with E-state index in [-0.39, 0.29) is 6.10 Å². The first kappa shape index (κ1) is 14.9. The number of hydrogen-bond acceptors (Lipinski definition) is 2. The van der Waals surface area contributed by atoms with Crippen molar-refractivity contribution in [2.75, 3.05) is 20.6 Å². The maximum atomic E-state index is 6.12. The van der Waals surface area contributed by atoms with E-state index in [4.69, 9.17) is 16.3 Å². The Balaban J connectivity index is 2.14. The minimum Gasteiger partial charge on any atom is -0.486 e. The van der Waals surface area contributed by atoms with Gasteiger partial charge < -0.3 is 9.64 Å².